The molecule has 2 aromatic rings. The van der Waals surface area contributed by atoms with Crippen LogP contribution in [0, 0.1) is 0 Å². The van der Waals surface area contributed by atoms with Gasteiger partial charge in [-0.1, -0.05) is 23.7 Å². The minimum atomic E-state index is -1.02. The predicted octanol–water partition coefficient (Wildman–Crippen LogP) is 4.62. The summed E-state index contributed by atoms with van der Waals surface area (Å²) in [6.45, 7) is 3.54. The van der Waals surface area contributed by atoms with Crippen molar-refractivity contribution >= 4 is 52.5 Å². The van der Waals surface area contributed by atoms with Crippen LogP contribution in [0.25, 0.3) is 6.08 Å². The molecule has 1 fully saturated rings. The molecule has 0 aliphatic carbocycles. The van der Waals surface area contributed by atoms with E-state index in [0.29, 0.717) is 29.7 Å². The van der Waals surface area contributed by atoms with Crippen LogP contribution in [0.3, 0.4) is 0 Å². The summed E-state index contributed by atoms with van der Waals surface area (Å²) in [5.74, 6) is -1.68. The van der Waals surface area contributed by atoms with Crippen LogP contribution in [0.4, 0.5) is 4.79 Å². The van der Waals surface area contributed by atoms with Crippen molar-refractivity contribution in [3.63, 3.8) is 0 Å². The highest BCUT2D eigenvalue weighted by Crippen LogP contribution is 2.39. The first-order chi connectivity index (χ1) is 16.7. The number of carboxylic acids is 1. The lowest BCUT2D eigenvalue weighted by atomic mass is 10.1. The van der Waals surface area contributed by atoms with Crippen molar-refractivity contribution in [2.24, 2.45) is 0 Å². The average Bonchev–Trinajstić information content (AvgIpc) is 3.06. The second-order valence-corrected chi connectivity index (χ2v) is 8.53. The van der Waals surface area contributed by atoms with Crippen LogP contribution in [-0.2, 0) is 20.9 Å². The van der Waals surface area contributed by atoms with Gasteiger partial charge in [0.25, 0.3) is 11.1 Å². The zero-order valence-corrected chi connectivity index (χ0v) is 20.5. The molecule has 0 unspecified atom stereocenters. The molecule has 184 valence electrons. The van der Waals surface area contributed by atoms with E-state index in [-0.39, 0.29) is 34.5 Å². The molecule has 2 aromatic carbocycles. The Morgan fingerprint density at radius 2 is 1.80 bits per heavy atom. The molecule has 11 heteroatoms. The highest BCUT2D eigenvalue weighted by molar-refractivity contribution is 8.18. The number of imide groups is 1. The standard InChI is InChI=1S/C24H22ClNO8S/c1-3-32-18-10-15(11-19-22(28)26(24(31)35-19)12-20(27)33-4-2)9-17(25)21(18)34-13-14-5-7-16(8-6-14)23(29)30/h5-11H,3-4,12-13H2,1-2H3,(H,29,30)/b19-11+. The Bertz CT molecular complexity index is 1180. The van der Waals surface area contributed by atoms with Crippen LogP contribution in [0.2, 0.25) is 5.02 Å². The number of rotatable bonds is 10. The first-order valence-electron chi connectivity index (χ1n) is 10.6. The predicted molar refractivity (Wildman–Crippen MR) is 130 cm³/mol. The third-order valence-electron chi connectivity index (χ3n) is 4.68. The van der Waals surface area contributed by atoms with Gasteiger partial charge in [0.2, 0.25) is 0 Å². The van der Waals surface area contributed by atoms with Crippen molar-refractivity contribution in [1.82, 2.24) is 4.90 Å². The number of carbonyl (C=O) groups excluding carboxylic acids is 3. The molecule has 1 N–H and O–H groups in total. The summed E-state index contributed by atoms with van der Waals surface area (Å²) < 4.78 is 16.3. The highest BCUT2D eigenvalue weighted by atomic mass is 35.5. The molecule has 0 spiro atoms. The van der Waals surface area contributed by atoms with Gasteiger partial charge >= 0.3 is 11.9 Å². The zero-order valence-electron chi connectivity index (χ0n) is 18.9. The molecule has 2 amide bonds. The second-order valence-electron chi connectivity index (χ2n) is 7.13. The number of halogens is 1. The van der Waals surface area contributed by atoms with Crippen molar-refractivity contribution in [2.75, 3.05) is 19.8 Å². The number of carbonyl (C=O) groups is 4. The summed E-state index contributed by atoms with van der Waals surface area (Å²) in [6, 6.07) is 9.41. The number of aromatic carboxylic acids is 1. The van der Waals surface area contributed by atoms with Gasteiger partial charge in [0.15, 0.2) is 11.5 Å². The molecule has 3 rings (SSSR count). The SMILES string of the molecule is CCOC(=O)CN1C(=O)S/C(=C/c2cc(Cl)c(OCc3ccc(C(=O)O)cc3)c(OCC)c2)C1=O. The van der Waals surface area contributed by atoms with Crippen molar-refractivity contribution in [2.45, 2.75) is 20.5 Å². The summed E-state index contributed by atoms with van der Waals surface area (Å²) in [5.41, 5.74) is 1.39. The van der Waals surface area contributed by atoms with Gasteiger partial charge in [0, 0.05) is 0 Å². The fourth-order valence-corrected chi connectivity index (χ4v) is 4.21. The molecule has 1 heterocycles. The molecule has 0 bridgehead atoms. The number of carboxylic acid groups (broad SMARTS) is 1. The lowest BCUT2D eigenvalue weighted by molar-refractivity contribution is -0.145. The van der Waals surface area contributed by atoms with Crippen molar-refractivity contribution < 1.29 is 38.5 Å². The Hall–Kier alpha value is -3.50. The summed E-state index contributed by atoms with van der Waals surface area (Å²) in [6.07, 6.45) is 1.48. The van der Waals surface area contributed by atoms with Crippen LogP contribution in [-0.4, -0.2) is 52.8 Å². The quantitative estimate of drug-likeness (QED) is 0.354. The van der Waals surface area contributed by atoms with E-state index in [1.54, 1.807) is 38.1 Å². The van der Waals surface area contributed by atoms with Gasteiger partial charge in [0.1, 0.15) is 13.2 Å². The molecule has 35 heavy (non-hydrogen) atoms. The zero-order chi connectivity index (χ0) is 25.5. The van der Waals surface area contributed by atoms with Gasteiger partial charge in [0.05, 0.1) is 28.7 Å². The summed E-state index contributed by atoms with van der Waals surface area (Å²) in [5, 5.41) is 8.66. The Kier molecular flexibility index (Phi) is 8.78. The van der Waals surface area contributed by atoms with Crippen LogP contribution in [0.15, 0.2) is 41.3 Å². The van der Waals surface area contributed by atoms with E-state index in [2.05, 4.69) is 0 Å². The molecular formula is C24H22ClNO8S. The molecular weight excluding hydrogens is 498 g/mol. The third kappa shape index (κ3) is 6.55. The minimum Gasteiger partial charge on any atom is -0.490 e. The first kappa shape index (κ1) is 26.1. The third-order valence-corrected chi connectivity index (χ3v) is 5.87. The van der Waals surface area contributed by atoms with Crippen LogP contribution >= 0.6 is 23.4 Å². The van der Waals surface area contributed by atoms with Crippen LogP contribution in [0.1, 0.15) is 35.3 Å². The largest absolute Gasteiger partial charge is 0.490 e. The molecule has 0 atom stereocenters. The lowest BCUT2D eigenvalue weighted by Gasteiger charge is -2.15. The van der Waals surface area contributed by atoms with E-state index in [0.717, 1.165) is 10.5 Å². The topological polar surface area (TPSA) is 119 Å². The van der Waals surface area contributed by atoms with E-state index in [4.69, 9.17) is 30.9 Å². The maximum absolute atomic E-state index is 12.6. The highest BCUT2D eigenvalue weighted by Gasteiger charge is 2.36. The van der Waals surface area contributed by atoms with Crippen molar-refractivity contribution in [3.8, 4) is 11.5 Å². The fourth-order valence-electron chi connectivity index (χ4n) is 3.10. The molecule has 0 aromatic heterocycles. The van der Waals surface area contributed by atoms with Crippen LogP contribution < -0.4 is 9.47 Å². The minimum absolute atomic E-state index is 0.117. The Labute approximate surface area is 210 Å². The maximum atomic E-state index is 12.6. The average molecular weight is 520 g/mol. The second kappa shape index (κ2) is 11.8. The number of hydrogen-bond acceptors (Lipinski definition) is 8. The number of hydrogen-bond donors (Lipinski definition) is 1. The maximum Gasteiger partial charge on any atom is 0.335 e. The molecule has 1 aliphatic rings. The number of esters is 1. The molecule has 1 saturated heterocycles. The number of nitrogens with zero attached hydrogens (tertiary/aromatic N) is 1. The first-order valence-corrected chi connectivity index (χ1v) is 11.7. The summed E-state index contributed by atoms with van der Waals surface area (Å²) >= 11 is 7.15. The van der Waals surface area contributed by atoms with Gasteiger partial charge in [-0.2, -0.15) is 0 Å². The van der Waals surface area contributed by atoms with Gasteiger partial charge in [-0.05, 0) is 67.1 Å². The number of ether oxygens (including phenoxy) is 3. The van der Waals surface area contributed by atoms with E-state index >= 15 is 0 Å². The van der Waals surface area contributed by atoms with Crippen molar-refractivity contribution in [1.29, 1.82) is 0 Å². The van der Waals surface area contributed by atoms with Gasteiger partial charge in [-0.3, -0.25) is 19.3 Å². The monoisotopic (exact) mass is 519 g/mol. The lowest BCUT2D eigenvalue weighted by Crippen LogP contribution is -2.34. The number of thioether (sulfide) groups is 1. The number of benzene rings is 2. The Morgan fingerprint density at radius 1 is 1.09 bits per heavy atom. The van der Waals surface area contributed by atoms with Crippen molar-refractivity contribution in [3.05, 3.63) is 63.0 Å². The Balaban J connectivity index is 1.80. The van der Waals surface area contributed by atoms with E-state index < -0.39 is 29.6 Å². The van der Waals surface area contributed by atoms with Crippen LogP contribution in [0.5, 0.6) is 11.5 Å². The van der Waals surface area contributed by atoms with Gasteiger partial charge in [-0.15, -0.1) is 0 Å². The Morgan fingerprint density at radius 3 is 2.43 bits per heavy atom. The molecule has 1 aliphatic heterocycles. The van der Waals surface area contributed by atoms with E-state index in [1.807, 2.05) is 0 Å². The summed E-state index contributed by atoms with van der Waals surface area (Å²) in [7, 11) is 0. The molecule has 9 nitrogen and oxygen atoms in total. The molecule has 0 radical (unpaired) electrons. The fraction of sp³-hybridized carbons (Fsp3) is 0.250. The summed E-state index contributed by atoms with van der Waals surface area (Å²) in [4.78, 5) is 48.5. The van der Waals surface area contributed by atoms with Gasteiger partial charge < -0.3 is 19.3 Å². The van der Waals surface area contributed by atoms with E-state index in [9.17, 15) is 19.2 Å². The van der Waals surface area contributed by atoms with E-state index in [1.165, 1.54) is 18.2 Å². The van der Waals surface area contributed by atoms with Gasteiger partial charge in [-0.25, -0.2) is 4.79 Å². The smallest absolute Gasteiger partial charge is 0.335 e. The molecule has 0 saturated carbocycles. The number of amides is 2. The normalized spacial score (nSPS) is 14.4.